The Morgan fingerprint density at radius 3 is 2.59 bits per heavy atom. The predicted octanol–water partition coefficient (Wildman–Crippen LogP) is 3.81. The smallest absolute Gasteiger partial charge is 0.191 e. The molecule has 0 aliphatic carbocycles. The topological polar surface area (TPSA) is 72.7 Å². The summed E-state index contributed by atoms with van der Waals surface area (Å²) in [5, 5.41) is 11.1. The van der Waals surface area contributed by atoms with Crippen LogP contribution in [0.2, 0.25) is 0 Å². The van der Waals surface area contributed by atoms with E-state index in [1.807, 2.05) is 43.5 Å². The van der Waals surface area contributed by atoms with Gasteiger partial charge in [0.2, 0.25) is 0 Å². The van der Waals surface area contributed by atoms with E-state index in [0.717, 1.165) is 29.3 Å². The maximum Gasteiger partial charge on any atom is 0.191 e. The van der Waals surface area contributed by atoms with Gasteiger partial charge in [-0.3, -0.25) is 4.99 Å². The summed E-state index contributed by atoms with van der Waals surface area (Å²) < 4.78 is 25.9. The lowest BCUT2D eigenvalue weighted by atomic mass is 10.3. The summed E-state index contributed by atoms with van der Waals surface area (Å²) in [5.74, 6) is 1.95. The molecule has 2 N–H and O–H groups in total. The number of nitrogens with one attached hydrogen (secondary N) is 2. The number of rotatable bonds is 9. The van der Waals surface area contributed by atoms with Gasteiger partial charge < -0.3 is 20.1 Å². The van der Waals surface area contributed by atoms with Crippen LogP contribution >= 0.6 is 24.0 Å². The molecule has 0 bridgehead atoms. The Bertz CT molecular complexity index is 994. The molecule has 1 heterocycles. The molecule has 0 amide bonds. The molecule has 0 fully saturated rings. The highest BCUT2D eigenvalue weighted by atomic mass is 127. The van der Waals surface area contributed by atoms with Crippen molar-refractivity contribution in [3.05, 3.63) is 72.3 Å². The molecule has 1 aromatic heterocycles. The molecule has 32 heavy (non-hydrogen) atoms. The van der Waals surface area contributed by atoms with Crippen LogP contribution in [0.25, 0.3) is 5.69 Å². The standard InChI is InChI=1S/C23H28FN5O2.HI/c1-17(31-22-6-4-5-21(15-22)30-3)16-27-23(25-2)26-13-11-19-12-14-29(28-19)20-9-7-18(24)8-10-20;/h4-10,12,14-15,17H,11,13,16H2,1-3H3,(H2,25,26,27);1H. The van der Waals surface area contributed by atoms with Crippen LogP contribution in [0.15, 0.2) is 65.8 Å². The summed E-state index contributed by atoms with van der Waals surface area (Å²) >= 11 is 0. The van der Waals surface area contributed by atoms with E-state index in [9.17, 15) is 4.39 Å². The highest BCUT2D eigenvalue weighted by Gasteiger charge is 2.07. The average Bonchev–Trinajstić information content (AvgIpc) is 3.25. The summed E-state index contributed by atoms with van der Waals surface area (Å²) in [5.41, 5.74) is 1.75. The molecular weight excluding hydrogens is 524 g/mol. The van der Waals surface area contributed by atoms with E-state index in [4.69, 9.17) is 9.47 Å². The quantitative estimate of drug-likeness (QED) is 0.240. The fourth-order valence-electron chi connectivity index (χ4n) is 2.95. The number of methoxy groups -OCH3 is 1. The van der Waals surface area contributed by atoms with E-state index in [2.05, 4.69) is 20.7 Å². The van der Waals surface area contributed by atoms with E-state index in [1.54, 1.807) is 31.0 Å². The van der Waals surface area contributed by atoms with Gasteiger partial charge in [-0.2, -0.15) is 5.10 Å². The summed E-state index contributed by atoms with van der Waals surface area (Å²) in [6.45, 7) is 3.25. The minimum atomic E-state index is -0.262. The molecule has 2 aromatic carbocycles. The van der Waals surface area contributed by atoms with Crippen LogP contribution in [-0.4, -0.2) is 49.1 Å². The van der Waals surface area contributed by atoms with Gasteiger partial charge in [-0.05, 0) is 49.4 Å². The van der Waals surface area contributed by atoms with Gasteiger partial charge in [-0.15, -0.1) is 24.0 Å². The Balaban J connectivity index is 0.00000363. The van der Waals surface area contributed by atoms with Crippen LogP contribution in [0.3, 0.4) is 0 Å². The molecule has 3 aromatic rings. The summed E-state index contributed by atoms with van der Waals surface area (Å²) in [6, 6.07) is 15.7. The lowest BCUT2D eigenvalue weighted by molar-refractivity contribution is 0.223. The predicted molar refractivity (Wildman–Crippen MR) is 135 cm³/mol. The van der Waals surface area contributed by atoms with Crippen molar-refractivity contribution in [2.24, 2.45) is 4.99 Å². The summed E-state index contributed by atoms with van der Waals surface area (Å²) in [4.78, 5) is 4.24. The van der Waals surface area contributed by atoms with E-state index in [1.165, 1.54) is 12.1 Å². The first-order valence-electron chi connectivity index (χ1n) is 10.1. The van der Waals surface area contributed by atoms with Crippen molar-refractivity contribution in [1.82, 2.24) is 20.4 Å². The van der Waals surface area contributed by atoms with Gasteiger partial charge in [0.25, 0.3) is 0 Å². The Labute approximate surface area is 205 Å². The van der Waals surface area contributed by atoms with Crippen LogP contribution < -0.4 is 20.1 Å². The zero-order chi connectivity index (χ0) is 22.1. The van der Waals surface area contributed by atoms with E-state index in [0.29, 0.717) is 19.0 Å². The minimum Gasteiger partial charge on any atom is -0.497 e. The fraction of sp³-hybridized carbons (Fsp3) is 0.304. The van der Waals surface area contributed by atoms with Crippen molar-refractivity contribution in [2.75, 3.05) is 27.2 Å². The van der Waals surface area contributed by atoms with Crippen molar-refractivity contribution < 1.29 is 13.9 Å². The molecule has 3 rings (SSSR count). The van der Waals surface area contributed by atoms with Crippen molar-refractivity contribution >= 4 is 29.9 Å². The normalized spacial score (nSPS) is 11.9. The Hall–Kier alpha value is -2.82. The van der Waals surface area contributed by atoms with Crippen LogP contribution in [-0.2, 0) is 6.42 Å². The monoisotopic (exact) mass is 553 g/mol. The molecule has 1 unspecified atom stereocenters. The molecule has 0 aliphatic rings. The van der Waals surface area contributed by atoms with Gasteiger partial charge in [0.1, 0.15) is 23.4 Å². The van der Waals surface area contributed by atoms with Crippen molar-refractivity contribution in [3.63, 3.8) is 0 Å². The first kappa shape index (κ1) is 25.4. The van der Waals surface area contributed by atoms with Crippen molar-refractivity contribution in [2.45, 2.75) is 19.4 Å². The lowest BCUT2D eigenvalue weighted by Gasteiger charge is -2.18. The second kappa shape index (κ2) is 12.9. The highest BCUT2D eigenvalue weighted by molar-refractivity contribution is 14.0. The van der Waals surface area contributed by atoms with Gasteiger partial charge in [-0.1, -0.05) is 6.07 Å². The molecule has 7 nitrogen and oxygen atoms in total. The zero-order valence-corrected chi connectivity index (χ0v) is 20.7. The van der Waals surface area contributed by atoms with Gasteiger partial charge in [0, 0.05) is 32.3 Å². The number of benzene rings is 2. The second-order valence-corrected chi connectivity index (χ2v) is 6.97. The van der Waals surface area contributed by atoms with Gasteiger partial charge >= 0.3 is 0 Å². The number of nitrogens with zero attached hydrogens (tertiary/aromatic N) is 3. The number of aromatic nitrogens is 2. The van der Waals surface area contributed by atoms with Gasteiger partial charge in [0.05, 0.1) is 25.0 Å². The number of hydrogen-bond donors (Lipinski definition) is 2. The highest BCUT2D eigenvalue weighted by Crippen LogP contribution is 2.19. The first-order chi connectivity index (χ1) is 15.1. The second-order valence-electron chi connectivity index (χ2n) is 6.97. The fourth-order valence-corrected chi connectivity index (χ4v) is 2.95. The maximum atomic E-state index is 13.1. The first-order valence-corrected chi connectivity index (χ1v) is 10.1. The third kappa shape index (κ3) is 7.70. The third-order valence-electron chi connectivity index (χ3n) is 4.57. The number of ether oxygens (including phenoxy) is 2. The number of aliphatic imine (C=N–C) groups is 1. The molecule has 0 spiro atoms. The van der Waals surface area contributed by atoms with Crippen LogP contribution in [0, 0.1) is 5.82 Å². The SMILES string of the molecule is CN=C(NCCc1ccn(-c2ccc(F)cc2)n1)NCC(C)Oc1cccc(OC)c1.I. The van der Waals surface area contributed by atoms with Crippen LogP contribution in [0.4, 0.5) is 4.39 Å². The lowest BCUT2D eigenvalue weighted by Crippen LogP contribution is -2.42. The van der Waals surface area contributed by atoms with E-state index < -0.39 is 0 Å². The molecule has 1 atom stereocenters. The Morgan fingerprint density at radius 2 is 1.88 bits per heavy atom. The van der Waals surface area contributed by atoms with Crippen molar-refractivity contribution in [1.29, 1.82) is 0 Å². The minimum absolute atomic E-state index is 0. The number of hydrogen-bond acceptors (Lipinski definition) is 4. The summed E-state index contributed by atoms with van der Waals surface area (Å²) in [7, 11) is 3.36. The largest absolute Gasteiger partial charge is 0.497 e. The maximum absolute atomic E-state index is 13.1. The Morgan fingerprint density at radius 1 is 1.12 bits per heavy atom. The Kier molecular flexibility index (Phi) is 10.3. The van der Waals surface area contributed by atoms with E-state index >= 15 is 0 Å². The number of halogens is 2. The van der Waals surface area contributed by atoms with E-state index in [-0.39, 0.29) is 35.9 Å². The molecular formula is C23H29FIN5O2. The summed E-state index contributed by atoms with van der Waals surface area (Å²) in [6.07, 6.45) is 2.54. The average molecular weight is 553 g/mol. The van der Waals surface area contributed by atoms with Gasteiger partial charge in [-0.25, -0.2) is 9.07 Å². The van der Waals surface area contributed by atoms with Gasteiger partial charge in [0.15, 0.2) is 5.96 Å². The zero-order valence-electron chi connectivity index (χ0n) is 18.4. The van der Waals surface area contributed by atoms with Crippen LogP contribution in [0.5, 0.6) is 11.5 Å². The molecule has 9 heteroatoms. The van der Waals surface area contributed by atoms with Crippen LogP contribution in [0.1, 0.15) is 12.6 Å². The molecule has 0 saturated heterocycles. The molecule has 0 radical (unpaired) electrons. The van der Waals surface area contributed by atoms with Crippen molar-refractivity contribution in [3.8, 4) is 17.2 Å². The third-order valence-corrected chi connectivity index (χ3v) is 4.57. The number of guanidine groups is 1. The molecule has 172 valence electrons. The molecule has 0 aliphatic heterocycles. The molecule has 0 saturated carbocycles.